The molecule has 2 aromatic rings. The second-order valence-electron chi connectivity index (χ2n) is 6.46. The van der Waals surface area contributed by atoms with Gasteiger partial charge < -0.3 is 19.7 Å². The molecule has 0 unspecified atom stereocenters. The summed E-state index contributed by atoms with van der Waals surface area (Å²) in [7, 11) is 1.67. The summed E-state index contributed by atoms with van der Waals surface area (Å²) in [6.45, 7) is 10.1. The van der Waals surface area contributed by atoms with Gasteiger partial charge >= 0.3 is 0 Å². The van der Waals surface area contributed by atoms with Crippen LogP contribution in [-0.2, 0) is 13.2 Å². The van der Waals surface area contributed by atoms with Crippen LogP contribution in [-0.4, -0.2) is 38.2 Å². The van der Waals surface area contributed by atoms with Gasteiger partial charge in [0.1, 0.15) is 6.61 Å². The minimum absolute atomic E-state index is 0. The van der Waals surface area contributed by atoms with Crippen LogP contribution in [0.2, 0.25) is 5.02 Å². The fourth-order valence-electron chi connectivity index (χ4n) is 2.88. The van der Waals surface area contributed by atoms with E-state index in [0.29, 0.717) is 6.61 Å². The van der Waals surface area contributed by atoms with Crippen molar-refractivity contribution in [3.05, 3.63) is 58.6 Å². The highest BCUT2D eigenvalue weighted by Crippen LogP contribution is 2.29. The zero-order valence-corrected chi connectivity index (χ0v) is 19.8. The van der Waals surface area contributed by atoms with Crippen LogP contribution in [0.1, 0.15) is 31.4 Å². The molecule has 0 fully saturated rings. The molecule has 0 bridgehead atoms. The fraction of sp³-hybridized carbons (Fsp3) is 0.455. The summed E-state index contributed by atoms with van der Waals surface area (Å²) >= 11 is 5.92. The molecular weight excluding hydrogens is 431 g/mol. The summed E-state index contributed by atoms with van der Waals surface area (Å²) in [4.78, 5) is 2.44. The third-order valence-electron chi connectivity index (χ3n) is 4.59. The molecule has 2 aromatic carbocycles. The van der Waals surface area contributed by atoms with Crippen LogP contribution in [0.5, 0.6) is 11.5 Å². The lowest BCUT2D eigenvalue weighted by atomic mass is 10.2. The fourth-order valence-corrected chi connectivity index (χ4v) is 3.01. The van der Waals surface area contributed by atoms with Crippen molar-refractivity contribution in [1.82, 2.24) is 10.2 Å². The zero-order valence-electron chi connectivity index (χ0n) is 17.4. The number of methoxy groups -OCH3 is 1. The number of rotatable bonds is 12. The second-order valence-corrected chi connectivity index (χ2v) is 6.89. The van der Waals surface area contributed by atoms with Crippen molar-refractivity contribution in [3.63, 3.8) is 0 Å². The molecule has 0 aliphatic carbocycles. The average molecular weight is 464 g/mol. The topological polar surface area (TPSA) is 33.7 Å². The summed E-state index contributed by atoms with van der Waals surface area (Å²) in [5, 5.41) is 4.23. The molecule has 1 N–H and O–H groups in total. The van der Waals surface area contributed by atoms with Crippen molar-refractivity contribution in [2.45, 2.75) is 33.4 Å². The molecule has 0 saturated carbocycles. The number of nitrogens with zero attached hydrogens (tertiary/aromatic N) is 1. The Balaban J connectivity index is 0.00000392. The predicted molar refractivity (Wildman–Crippen MR) is 127 cm³/mol. The van der Waals surface area contributed by atoms with Gasteiger partial charge in [0.25, 0.3) is 0 Å². The Hall–Kier alpha value is -1.17. The van der Waals surface area contributed by atoms with Crippen LogP contribution in [0, 0.1) is 0 Å². The summed E-state index contributed by atoms with van der Waals surface area (Å²) in [5.41, 5.74) is 2.26. The Morgan fingerprint density at radius 2 is 1.59 bits per heavy atom. The van der Waals surface area contributed by atoms with Gasteiger partial charge in [0.2, 0.25) is 0 Å². The maximum Gasteiger partial charge on any atom is 0.161 e. The summed E-state index contributed by atoms with van der Waals surface area (Å²) in [5.74, 6) is 1.50. The molecule has 29 heavy (non-hydrogen) atoms. The van der Waals surface area contributed by atoms with Crippen LogP contribution < -0.4 is 14.8 Å². The van der Waals surface area contributed by atoms with E-state index in [4.69, 9.17) is 21.1 Å². The van der Waals surface area contributed by atoms with Crippen molar-refractivity contribution in [3.8, 4) is 11.5 Å². The van der Waals surface area contributed by atoms with Crippen molar-refractivity contribution in [1.29, 1.82) is 0 Å². The van der Waals surface area contributed by atoms with Gasteiger partial charge in [0, 0.05) is 11.6 Å². The molecule has 0 amide bonds. The number of halogens is 3. The van der Waals surface area contributed by atoms with Crippen molar-refractivity contribution in [2.24, 2.45) is 0 Å². The predicted octanol–water partition coefficient (Wildman–Crippen LogP) is 5.59. The molecule has 0 aliphatic rings. The van der Waals surface area contributed by atoms with Gasteiger partial charge in [-0.05, 0) is 68.0 Å². The first-order chi connectivity index (χ1) is 13.2. The van der Waals surface area contributed by atoms with Crippen molar-refractivity contribution < 1.29 is 9.47 Å². The standard InChI is InChI=1S/C22H31ClN2O2.2ClH/c1-4-25(5-2)14-6-13-24-16-19-9-12-21(22(15-19)26-3)27-17-18-7-10-20(23)11-8-18;;/h7-12,15,24H,4-6,13-14,16-17H2,1-3H3;2*1H. The van der Waals surface area contributed by atoms with Gasteiger partial charge in [-0.3, -0.25) is 0 Å². The van der Waals surface area contributed by atoms with Gasteiger partial charge in [-0.2, -0.15) is 0 Å². The van der Waals surface area contributed by atoms with Crippen LogP contribution in [0.25, 0.3) is 0 Å². The monoisotopic (exact) mass is 462 g/mol. The quantitative estimate of drug-likeness (QED) is 0.416. The number of hydrogen-bond donors (Lipinski definition) is 1. The molecule has 0 heterocycles. The van der Waals surface area contributed by atoms with Crippen LogP contribution in [0.4, 0.5) is 0 Å². The van der Waals surface area contributed by atoms with Crippen LogP contribution >= 0.6 is 36.4 Å². The molecule has 164 valence electrons. The van der Waals surface area contributed by atoms with E-state index in [2.05, 4.69) is 30.1 Å². The first kappa shape index (κ1) is 27.8. The summed E-state index contributed by atoms with van der Waals surface area (Å²) in [6.07, 6.45) is 1.15. The molecule has 7 heteroatoms. The molecule has 0 radical (unpaired) electrons. The zero-order chi connectivity index (χ0) is 19.5. The maximum atomic E-state index is 5.92. The average Bonchev–Trinajstić information content (AvgIpc) is 2.70. The molecule has 2 rings (SSSR count). The van der Waals surface area contributed by atoms with Gasteiger partial charge in [-0.15, -0.1) is 24.8 Å². The van der Waals surface area contributed by atoms with Crippen molar-refractivity contribution >= 4 is 36.4 Å². The van der Waals surface area contributed by atoms with E-state index in [9.17, 15) is 0 Å². The van der Waals surface area contributed by atoms with Crippen LogP contribution in [0.3, 0.4) is 0 Å². The molecule has 0 atom stereocenters. The lowest BCUT2D eigenvalue weighted by Crippen LogP contribution is -2.27. The Morgan fingerprint density at radius 3 is 2.21 bits per heavy atom. The third kappa shape index (κ3) is 9.92. The Labute approximate surface area is 192 Å². The van der Waals surface area contributed by atoms with Gasteiger partial charge in [-0.25, -0.2) is 0 Å². The molecular formula is C22H33Cl3N2O2. The Bertz CT molecular complexity index is 680. The minimum Gasteiger partial charge on any atom is -0.493 e. The first-order valence-corrected chi connectivity index (χ1v) is 10.0. The molecule has 0 spiro atoms. The molecule has 4 nitrogen and oxygen atoms in total. The van der Waals surface area contributed by atoms with E-state index in [1.165, 1.54) is 5.56 Å². The van der Waals surface area contributed by atoms with Crippen molar-refractivity contribution in [2.75, 3.05) is 33.3 Å². The van der Waals surface area contributed by atoms with E-state index in [1.54, 1.807) is 7.11 Å². The number of nitrogens with one attached hydrogen (secondary N) is 1. The smallest absolute Gasteiger partial charge is 0.161 e. The number of benzene rings is 2. The molecule has 0 aromatic heterocycles. The highest BCUT2D eigenvalue weighted by molar-refractivity contribution is 6.30. The summed E-state index contributed by atoms with van der Waals surface area (Å²) in [6, 6.07) is 13.8. The first-order valence-electron chi connectivity index (χ1n) is 9.63. The number of hydrogen-bond acceptors (Lipinski definition) is 4. The minimum atomic E-state index is 0. The highest BCUT2D eigenvalue weighted by Gasteiger charge is 2.07. The normalized spacial score (nSPS) is 10.2. The second kappa shape index (κ2) is 15.6. The van der Waals surface area contributed by atoms with Gasteiger partial charge in [0.15, 0.2) is 11.5 Å². The lowest BCUT2D eigenvalue weighted by molar-refractivity contribution is 0.284. The van der Waals surface area contributed by atoms with E-state index < -0.39 is 0 Å². The highest BCUT2D eigenvalue weighted by atomic mass is 35.5. The number of ether oxygens (including phenoxy) is 2. The van der Waals surface area contributed by atoms with E-state index in [-0.39, 0.29) is 24.8 Å². The molecule has 0 aliphatic heterocycles. The van der Waals surface area contributed by atoms with E-state index >= 15 is 0 Å². The Morgan fingerprint density at radius 1 is 0.931 bits per heavy atom. The third-order valence-corrected chi connectivity index (χ3v) is 4.84. The van der Waals surface area contributed by atoms with Gasteiger partial charge in [0.05, 0.1) is 7.11 Å². The summed E-state index contributed by atoms with van der Waals surface area (Å²) < 4.78 is 11.4. The lowest BCUT2D eigenvalue weighted by Gasteiger charge is -2.17. The van der Waals surface area contributed by atoms with E-state index in [0.717, 1.165) is 61.2 Å². The van der Waals surface area contributed by atoms with Gasteiger partial charge in [-0.1, -0.05) is 43.6 Å². The largest absolute Gasteiger partial charge is 0.493 e. The maximum absolute atomic E-state index is 5.92. The molecule has 0 saturated heterocycles. The SMILES string of the molecule is CCN(CC)CCCNCc1ccc(OCc2ccc(Cl)cc2)c(OC)c1.Cl.Cl. The Kier molecular flexibility index (Phi) is 15.0. The van der Waals surface area contributed by atoms with Crippen LogP contribution in [0.15, 0.2) is 42.5 Å². The van der Waals surface area contributed by atoms with E-state index in [1.807, 2.05) is 36.4 Å².